The molecule has 1 saturated heterocycles. The number of hydrogen-bond acceptors (Lipinski definition) is 4. The van der Waals surface area contributed by atoms with Gasteiger partial charge in [0.1, 0.15) is 6.17 Å². The predicted octanol–water partition coefficient (Wildman–Crippen LogP) is 3.41. The van der Waals surface area contributed by atoms with E-state index in [1.807, 2.05) is 0 Å². The zero-order valence-electron chi connectivity index (χ0n) is 14.1. The van der Waals surface area contributed by atoms with Gasteiger partial charge in [0.25, 0.3) is 0 Å². The van der Waals surface area contributed by atoms with Gasteiger partial charge in [0.2, 0.25) is 0 Å². The zero-order valence-corrected chi connectivity index (χ0v) is 14.1. The maximum absolute atomic E-state index is 4.78. The van der Waals surface area contributed by atoms with Gasteiger partial charge in [-0.15, -0.1) is 0 Å². The number of hydrogen-bond donors (Lipinski definition) is 3. The predicted molar refractivity (Wildman–Crippen MR) is 89.9 cm³/mol. The average molecular weight is 294 g/mol. The molecule has 1 aliphatic heterocycles. The molecule has 0 aromatic carbocycles. The molecule has 1 heterocycles. The zero-order chi connectivity index (χ0) is 15.1. The number of hydrazone groups is 1. The van der Waals surface area contributed by atoms with Crippen molar-refractivity contribution in [3.05, 3.63) is 0 Å². The Balaban J connectivity index is 1.91. The molecule has 0 spiro atoms. The van der Waals surface area contributed by atoms with Gasteiger partial charge in [-0.25, -0.2) is 5.43 Å². The molecule has 1 aliphatic carbocycles. The Morgan fingerprint density at radius 2 is 2.10 bits per heavy atom. The van der Waals surface area contributed by atoms with Crippen molar-refractivity contribution in [3.63, 3.8) is 0 Å². The van der Waals surface area contributed by atoms with Gasteiger partial charge in [-0.05, 0) is 49.9 Å². The summed E-state index contributed by atoms with van der Waals surface area (Å²) in [4.78, 5) is 0. The number of fused-ring (bicyclic) bond motifs is 1. The minimum Gasteiger partial charge on any atom is -0.291 e. The Morgan fingerprint density at radius 3 is 2.86 bits per heavy atom. The Morgan fingerprint density at radius 1 is 1.29 bits per heavy atom. The van der Waals surface area contributed by atoms with Crippen LogP contribution in [0, 0.1) is 17.8 Å². The van der Waals surface area contributed by atoms with Crippen LogP contribution in [0.1, 0.15) is 72.1 Å². The lowest BCUT2D eigenvalue weighted by Crippen LogP contribution is -2.61. The Kier molecular flexibility index (Phi) is 6.97. The van der Waals surface area contributed by atoms with E-state index in [1.54, 1.807) is 0 Å². The van der Waals surface area contributed by atoms with Crippen molar-refractivity contribution < 1.29 is 0 Å². The van der Waals surface area contributed by atoms with E-state index in [-0.39, 0.29) is 0 Å². The second-order valence-electron chi connectivity index (χ2n) is 7.22. The topological polar surface area (TPSA) is 48.5 Å². The third-order valence-electron chi connectivity index (χ3n) is 4.84. The number of nitrogens with zero attached hydrogens (tertiary/aromatic N) is 1. The van der Waals surface area contributed by atoms with Crippen molar-refractivity contribution in [2.45, 2.75) is 78.3 Å². The summed E-state index contributed by atoms with van der Waals surface area (Å²) in [6, 6.07) is 0. The van der Waals surface area contributed by atoms with E-state index < -0.39 is 0 Å². The quantitative estimate of drug-likeness (QED) is 0.498. The Hall–Kier alpha value is -0.610. The first-order valence-corrected chi connectivity index (χ1v) is 9.00. The summed E-state index contributed by atoms with van der Waals surface area (Å²) in [5, 5.41) is 4.78. The van der Waals surface area contributed by atoms with Crippen LogP contribution in [-0.2, 0) is 0 Å². The van der Waals surface area contributed by atoms with E-state index in [2.05, 4.69) is 37.0 Å². The molecular weight excluding hydrogens is 260 g/mol. The first-order chi connectivity index (χ1) is 10.2. The van der Waals surface area contributed by atoms with Crippen molar-refractivity contribution >= 4 is 5.71 Å². The van der Waals surface area contributed by atoms with Crippen LogP contribution >= 0.6 is 0 Å². The lowest BCUT2D eigenvalue weighted by Gasteiger charge is -2.41. The van der Waals surface area contributed by atoms with Crippen molar-refractivity contribution in [1.82, 2.24) is 16.3 Å². The summed E-state index contributed by atoms with van der Waals surface area (Å²) in [5.74, 6) is 2.23. The highest BCUT2D eigenvalue weighted by Crippen LogP contribution is 2.32. The van der Waals surface area contributed by atoms with E-state index in [4.69, 9.17) is 5.10 Å². The van der Waals surface area contributed by atoms with Gasteiger partial charge >= 0.3 is 0 Å². The third-order valence-corrected chi connectivity index (χ3v) is 4.84. The van der Waals surface area contributed by atoms with Gasteiger partial charge in [-0.2, -0.15) is 5.10 Å². The SMILES string of the molecule is CCCC/C(CC(C)C)=N\NC1NNCC2CCCCC21. The van der Waals surface area contributed by atoms with Crippen LogP contribution in [0.2, 0.25) is 0 Å². The lowest BCUT2D eigenvalue weighted by molar-refractivity contribution is 0.0994. The molecule has 0 bridgehead atoms. The van der Waals surface area contributed by atoms with Crippen molar-refractivity contribution in [2.75, 3.05) is 6.54 Å². The normalized spacial score (nSPS) is 30.3. The monoisotopic (exact) mass is 294 g/mol. The van der Waals surface area contributed by atoms with Crippen molar-refractivity contribution in [1.29, 1.82) is 0 Å². The molecule has 2 rings (SSSR count). The fraction of sp³-hybridized carbons (Fsp3) is 0.941. The fourth-order valence-corrected chi connectivity index (χ4v) is 3.68. The van der Waals surface area contributed by atoms with Crippen molar-refractivity contribution in [2.24, 2.45) is 22.9 Å². The van der Waals surface area contributed by atoms with Gasteiger partial charge in [-0.1, -0.05) is 40.0 Å². The smallest absolute Gasteiger partial charge is 0.109 e. The largest absolute Gasteiger partial charge is 0.291 e. The summed E-state index contributed by atoms with van der Waals surface area (Å²) in [6.07, 6.45) is 10.5. The number of nitrogens with one attached hydrogen (secondary N) is 3. The molecular formula is C17H34N4. The maximum atomic E-state index is 4.78. The van der Waals surface area contributed by atoms with Crippen LogP contribution in [-0.4, -0.2) is 18.4 Å². The van der Waals surface area contributed by atoms with Crippen LogP contribution in [0.25, 0.3) is 0 Å². The maximum Gasteiger partial charge on any atom is 0.109 e. The molecule has 3 atom stereocenters. The van der Waals surface area contributed by atoms with Crippen LogP contribution < -0.4 is 16.3 Å². The fourth-order valence-electron chi connectivity index (χ4n) is 3.68. The molecule has 3 unspecified atom stereocenters. The van der Waals surface area contributed by atoms with E-state index >= 15 is 0 Å². The summed E-state index contributed by atoms with van der Waals surface area (Å²) < 4.78 is 0. The van der Waals surface area contributed by atoms with Gasteiger partial charge in [0.15, 0.2) is 0 Å². The molecule has 0 aromatic rings. The summed E-state index contributed by atoms with van der Waals surface area (Å²) in [7, 11) is 0. The first-order valence-electron chi connectivity index (χ1n) is 9.00. The van der Waals surface area contributed by atoms with Gasteiger partial charge < -0.3 is 0 Å². The summed E-state index contributed by atoms with van der Waals surface area (Å²) in [5.41, 5.74) is 11.6. The number of hydrazine groups is 1. The molecule has 0 amide bonds. The number of unbranched alkanes of at least 4 members (excludes halogenated alkanes) is 1. The average Bonchev–Trinajstić information content (AvgIpc) is 2.49. The van der Waals surface area contributed by atoms with Gasteiger partial charge in [0.05, 0.1) is 0 Å². The Labute approximate surface area is 130 Å². The van der Waals surface area contributed by atoms with Crippen molar-refractivity contribution in [3.8, 4) is 0 Å². The minimum absolute atomic E-state index is 0.299. The van der Waals surface area contributed by atoms with E-state index in [1.165, 1.54) is 44.2 Å². The molecule has 122 valence electrons. The molecule has 0 radical (unpaired) electrons. The molecule has 3 N–H and O–H groups in total. The van der Waals surface area contributed by atoms with E-state index in [0.29, 0.717) is 12.1 Å². The second-order valence-corrected chi connectivity index (χ2v) is 7.22. The summed E-state index contributed by atoms with van der Waals surface area (Å²) >= 11 is 0. The highest BCUT2D eigenvalue weighted by Gasteiger charge is 2.34. The highest BCUT2D eigenvalue weighted by molar-refractivity contribution is 5.84. The lowest BCUT2D eigenvalue weighted by atomic mass is 9.77. The number of rotatable bonds is 7. The third kappa shape index (κ3) is 5.26. The molecule has 1 saturated carbocycles. The van der Waals surface area contributed by atoms with Crippen LogP contribution in [0.4, 0.5) is 0 Å². The molecule has 2 fully saturated rings. The molecule has 0 aromatic heterocycles. The van der Waals surface area contributed by atoms with E-state index in [9.17, 15) is 0 Å². The van der Waals surface area contributed by atoms with Crippen LogP contribution in [0.15, 0.2) is 5.10 Å². The van der Waals surface area contributed by atoms with Crippen LogP contribution in [0.5, 0.6) is 0 Å². The second kappa shape index (κ2) is 8.74. The molecule has 21 heavy (non-hydrogen) atoms. The van der Waals surface area contributed by atoms with Crippen LogP contribution in [0.3, 0.4) is 0 Å². The minimum atomic E-state index is 0.299. The first kappa shape index (κ1) is 16.8. The highest BCUT2D eigenvalue weighted by atomic mass is 15.5. The van der Waals surface area contributed by atoms with Gasteiger partial charge in [-0.3, -0.25) is 10.9 Å². The molecule has 4 heteroatoms. The van der Waals surface area contributed by atoms with Gasteiger partial charge in [0, 0.05) is 12.3 Å². The molecule has 2 aliphatic rings. The summed E-state index contributed by atoms with van der Waals surface area (Å²) in [6.45, 7) is 7.92. The van der Waals surface area contributed by atoms with E-state index in [0.717, 1.165) is 31.2 Å². The molecule has 4 nitrogen and oxygen atoms in total. The standard InChI is InChI=1S/C17H34N4/c1-4-5-9-15(11-13(2)3)19-21-17-16-10-7-6-8-14(16)12-18-20-17/h13-14,16-18,20-21H,4-12H2,1-3H3/b19-15+. The Bertz CT molecular complexity index is 325.